The minimum Gasteiger partial charge on any atom is -0.504 e. The number of ether oxygens (including phenoxy) is 2. The number of para-hydroxylation sites is 3. The summed E-state index contributed by atoms with van der Waals surface area (Å²) in [6.45, 7) is 0.618. The summed E-state index contributed by atoms with van der Waals surface area (Å²) in [5.41, 5.74) is 0. The third-order valence-corrected chi connectivity index (χ3v) is 2.66. The van der Waals surface area contributed by atoms with E-state index in [0.717, 1.165) is 5.75 Å². The van der Waals surface area contributed by atoms with Crippen LogP contribution in [0.5, 0.6) is 17.2 Å². The number of carbonyl (C=O) groups excluding carboxylic acids is 1. The van der Waals surface area contributed by atoms with E-state index in [1.54, 1.807) is 18.2 Å². The summed E-state index contributed by atoms with van der Waals surface area (Å²) >= 11 is 0. The molecule has 0 fully saturated rings. The molecule has 0 unspecified atom stereocenters. The van der Waals surface area contributed by atoms with E-state index in [1.165, 1.54) is 6.07 Å². The van der Waals surface area contributed by atoms with Gasteiger partial charge in [-0.2, -0.15) is 0 Å². The predicted molar refractivity (Wildman–Crippen MR) is 78.5 cm³/mol. The van der Waals surface area contributed by atoms with Gasteiger partial charge in [0.1, 0.15) is 12.4 Å². The molecule has 5 heteroatoms. The van der Waals surface area contributed by atoms with Crippen LogP contribution in [0.15, 0.2) is 54.6 Å². The lowest BCUT2D eigenvalue weighted by molar-refractivity contribution is -0.123. The zero-order valence-corrected chi connectivity index (χ0v) is 11.5. The second-order valence-electron chi connectivity index (χ2n) is 4.27. The predicted octanol–water partition coefficient (Wildman–Crippen LogP) is 1.97. The molecule has 0 heterocycles. The van der Waals surface area contributed by atoms with E-state index in [1.807, 2.05) is 30.3 Å². The van der Waals surface area contributed by atoms with E-state index in [4.69, 9.17) is 9.47 Å². The summed E-state index contributed by atoms with van der Waals surface area (Å²) in [5, 5.41) is 12.2. The molecule has 5 nitrogen and oxygen atoms in total. The van der Waals surface area contributed by atoms with Crippen molar-refractivity contribution >= 4 is 5.91 Å². The van der Waals surface area contributed by atoms with Gasteiger partial charge in [-0.3, -0.25) is 4.79 Å². The maximum atomic E-state index is 11.6. The summed E-state index contributed by atoms with van der Waals surface area (Å²) in [6, 6.07) is 15.9. The van der Waals surface area contributed by atoms with Gasteiger partial charge in [0, 0.05) is 0 Å². The Hall–Kier alpha value is -2.69. The Morgan fingerprint density at radius 3 is 2.48 bits per heavy atom. The fourth-order valence-corrected chi connectivity index (χ4v) is 1.65. The molecular formula is C16H17NO4. The standard InChI is InChI=1S/C16H17NO4/c18-14-8-4-5-9-15(14)21-12-16(19)17-10-11-20-13-6-2-1-3-7-13/h1-9,18H,10-12H2,(H,17,19). The van der Waals surface area contributed by atoms with Gasteiger partial charge in [0.05, 0.1) is 6.54 Å². The first kappa shape index (κ1) is 14.7. The molecule has 2 N–H and O–H groups in total. The zero-order chi connectivity index (χ0) is 14.9. The first-order valence-electron chi connectivity index (χ1n) is 6.61. The minimum atomic E-state index is -0.269. The van der Waals surface area contributed by atoms with Crippen LogP contribution in [0.25, 0.3) is 0 Å². The van der Waals surface area contributed by atoms with Crippen LogP contribution in [0.3, 0.4) is 0 Å². The number of nitrogens with one attached hydrogen (secondary N) is 1. The number of aromatic hydroxyl groups is 1. The van der Waals surface area contributed by atoms with Gasteiger partial charge in [0.2, 0.25) is 0 Å². The summed E-state index contributed by atoms with van der Waals surface area (Å²) < 4.78 is 10.7. The van der Waals surface area contributed by atoms with Gasteiger partial charge in [-0.25, -0.2) is 0 Å². The molecule has 0 bridgehead atoms. The summed E-state index contributed by atoms with van der Waals surface area (Å²) in [6.07, 6.45) is 0. The van der Waals surface area contributed by atoms with E-state index >= 15 is 0 Å². The van der Waals surface area contributed by atoms with Gasteiger partial charge in [0.25, 0.3) is 5.91 Å². The molecule has 0 aliphatic carbocycles. The second-order valence-corrected chi connectivity index (χ2v) is 4.27. The van der Waals surface area contributed by atoms with Crippen molar-refractivity contribution in [2.24, 2.45) is 0 Å². The molecule has 0 saturated heterocycles. The highest BCUT2D eigenvalue weighted by Gasteiger charge is 2.05. The molecule has 21 heavy (non-hydrogen) atoms. The van der Waals surface area contributed by atoms with Crippen molar-refractivity contribution in [1.29, 1.82) is 0 Å². The Labute approximate surface area is 123 Å². The Kier molecular flexibility index (Phi) is 5.46. The summed E-state index contributed by atoms with van der Waals surface area (Å²) in [5.74, 6) is 0.790. The largest absolute Gasteiger partial charge is 0.504 e. The molecule has 2 aromatic carbocycles. The number of carbonyl (C=O) groups is 1. The Balaban J connectivity index is 1.63. The van der Waals surface area contributed by atoms with E-state index in [-0.39, 0.29) is 24.0 Å². The minimum absolute atomic E-state index is 0.0118. The first-order valence-corrected chi connectivity index (χ1v) is 6.61. The Morgan fingerprint density at radius 1 is 1.00 bits per heavy atom. The van der Waals surface area contributed by atoms with Crippen molar-refractivity contribution in [3.8, 4) is 17.2 Å². The van der Waals surface area contributed by atoms with Crippen LogP contribution >= 0.6 is 0 Å². The fraction of sp³-hybridized carbons (Fsp3) is 0.188. The van der Waals surface area contributed by atoms with Crippen molar-refractivity contribution in [1.82, 2.24) is 5.32 Å². The molecule has 0 spiro atoms. The average Bonchev–Trinajstić information content (AvgIpc) is 2.52. The molecule has 0 atom stereocenters. The highest BCUT2D eigenvalue weighted by Crippen LogP contribution is 2.23. The lowest BCUT2D eigenvalue weighted by atomic mass is 10.3. The van der Waals surface area contributed by atoms with Crippen LogP contribution in [0.2, 0.25) is 0 Å². The normalized spacial score (nSPS) is 9.90. The number of hydrogen-bond acceptors (Lipinski definition) is 4. The van der Waals surface area contributed by atoms with Gasteiger partial charge in [-0.05, 0) is 24.3 Å². The number of phenolic OH excluding ortho intramolecular Hbond substituents is 1. The van der Waals surface area contributed by atoms with Gasteiger partial charge >= 0.3 is 0 Å². The molecule has 2 aromatic rings. The van der Waals surface area contributed by atoms with Crippen molar-refractivity contribution in [2.45, 2.75) is 0 Å². The second kappa shape index (κ2) is 7.79. The van der Waals surface area contributed by atoms with Crippen molar-refractivity contribution < 1.29 is 19.4 Å². The smallest absolute Gasteiger partial charge is 0.258 e. The van der Waals surface area contributed by atoms with E-state index < -0.39 is 0 Å². The number of phenols is 1. The van der Waals surface area contributed by atoms with Gasteiger partial charge in [0.15, 0.2) is 18.1 Å². The highest BCUT2D eigenvalue weighted by molar-refractivity contribution is 5.77. The summed E-state index contributed by atoms with van der Waals surface area (Å²) in [7, 11) is 0. The van der Waals surface area contributed by atoms with Crippen molar-refractivity contribution in [3.63, 3.8) is 0 Å². The average molecular weight is 287 g/mol. The third-order valence-electron chi connectivity index (χ3n) is 2.66. The van der Waals surface area contributed by atoms with Crippen LogP contribution in [0.1, 0.15) is 0 Å². The monoisotopic (exact) mass is 287 g/mol. The molecule has 2 rings (SSSR count). The fourth-order valence-electron chi connectivity index (χ4n) is 1.65. The molecule has 0 aliphatic heterocycles. The van der Waals surface area contributed by atoms with Crippen LogP contribution in [-0.4, -0.2) is 30.8 Å². The van der Waals surface area contributed by atoms with Crippen LogP contribution in [0, 0.1) is 0 Å². The Morgan fingerprint density at radius 2 is 1.71 bits per heavy atom. The molecule has 0 aliphatic rings. The molecule has 0 radical (unpaired) electrons. The molecule has 0 saturated carbocycles. The molecule has 110 valence electrons. The maximum absolute atomic E-state index is 11.6. The van der Waals surface area contributed by atoms with E-state index in [9.17, 15) is 9.90 Å². The first-order chi connectivity index (χ1) is 10.3. The quantitative estimate of drug-likeness (QED) is 0.764. The van der Waals surface area contributed by atoms with Gasteiger partial charge < -0.3 is 19.9 Å². The number of benzene rings is 2. The van der Waals surface area contributed by atoms with Gasteiger partial charge in [-0.15, -0.1) is 0 Å². The number of rotatable bonds is 7. The van der Waals surface area contributed by atoms with E-state index in [2.05, 4.69) is 5.32 Å². The van der Waals surface area contributed by atoms with E-state index in [0.29, 0.717) is 13.2 Å². The van der Waals surface area contributed by atoms with Crippen molar-refractivity contribution in [2.75, 3.05) is 19.8 Å². The van der Waals surface area contributed by atoms with Crippen LogP contribution < -0.4 is 14.8 Å². The topological polar surface area (TPSA) is 67.8 Å². The zero-order valence-electron chi connectivity index (χ0n) is 11.5. The molecular weight excluding hydrogens is 270 g/mol. The number of hydrogen-bond donors (Lipinski definition) is 2. The highest BCUT2D eigenvalue weighted by atomic mass is 16.5. The number of amides is 1. The lowest BCUT2D eigenvalue weighted by Gasteiger charge is -2.09. The van der Waals surface area contributed by atoms with Gasteiger partial charge in [-0.1, -0.05) is 30.3 Å². The Bertz CT molecular complexity index is 571. The molecule has 0 aromatic heterocycles. The summed E-state index contributed by atoms with van der Waals surface area (Å²) in [4.78, 5) is 11.6. The van der Waals surface area contributed by atoms with Crippen LogP contribution in [0.4, 0.5) is 0 Å². The third kappa shape index (κ3) is 5.06. The van der Waals surface area contributed by atoms with Crippen LogP contribution in [-0.2, 0) is 4.79 Å². The van der Waals surface area contributed by atoms with Crippen molar-refractivity contribution in [3.05, 3.63) is 54.6 Å². The maximum Gasteiger partial charge on any atom is 0.258 e. The lowest BCUT2D eigenvalue weighted by Crippen LogP contribution is -2.32. The molecule has 1 amide bonds. The SMILES string of the molecule is O=C(COc1ccccc1O)NCCOc1ccccc1.